The first kappa shape index (κ1) is 21.7. The van der Waals surface area contributed by atoms with Gasteiger partial charge >= 0.3 is 0 Å². The van der Waals surface area contributed by atoms with Crippen LogP contribution in [0.5, 0.6) is 0 Å². The van der Waals surface area contributed by atoms with Gasteiger partial charge in [0.25, 0.3) is 5.91 Å². The van der Waals surface area contributed by atoms with Crippen LogP contribution in [-0.2, 0) is 10.5 Å². The van der Waals surface area contributed by atoms with Gasteiger partial charge in [0, 0.05) is 28.9 Å². The Hall–Kier alpha value is -3.05. The number of likely N-dealkylation sites (N-methyl/N-ethyl adjacent to an activating group) is 1. The van der Waals surface area contributed by atoms with Crippen molar-refractivity contribution >= 4 is 29.3 Å². The summed E-state index contributed by atoms with van der Waals surface area (Å²) in [4.78, 5) is 27.7. The fraction of sp³-hybridized carbons (Fsp3) is 0.200. The third-order valence-electron chi connectivity index (χ3n) is 4.96. The second kappa shape index (κ2) is 10.1. The summed E-state index contributed by atoms with van der Waals surface area (Å²) >= 11 is 1.76. The highest BCUT2D eigenvalue weighted by Gasteiger charge is 2.15. The first-order valence-corrected chi connectivity index (χ1v) is 10.8. The fourth-order valence-corrected chi connectivity index (χ4v) is 3.89. The molecule has 3 aromatic rings. The molecule has 30 heavy (non-hydrogen) atoms. The molecule has 0 heterocycles. The maximum Gasteiger partial charge on any atom is 0.254 e. The Kier molecular flexibility index (Phi) is 7.31. The zero-order valence-corrected chi connectivity index (χ0v) is 18.3. The van der Waals surface area contributed by atoms with Gasteiger partial charge in [-0.2, -0.15) is 0 Å². The minimum Gasteiger partial charge on any atom is -0.332 e. The summed E-state index contributed by atoms with van der Waals surface area (Å²) in [5.41, 5.74) is 4.65. The van der Waals surface area contributed by atoms with E-state index in [0.717, 1.165) is 28.1 Å². The summed E-state index contributed by atoms with van der Waals surface area (Å²) in [6.45, 7) is 3.97. The van der Waals surface area contributed by atoms with Crippen LogP contribution < -0.4 is 5.32 Å². The number of nitrogens with zero attached hydrogens (tertiary/aromatic N) is 1. The van der Waals surface area contributed by atoms with Crippen molar-refractivity contribution in [3.63, 3.8) is 0 Å². The highest BCUT2D eigenvalue weighted by atomic mass is 32.2. The van der Waals surface area contributed by atoms with E-state index in [-0.39, 0.29) is 18.4 Å². The highest BCUT2D eigenvalue weighted by molar-refractivity contribution is 7.98. The molecule has 4 nitrogen and oxygen atoms in total. The number of carbonyl (C=O) groups is 2. The Morgan fingerprint density at radius 1 is 0.900 bits per heavy atom. The molecular formula is C25H26N2O2S. The van der Waals surface area contributed by atoms with Crippen molar-refractivity contribution in [1.29, 1.82) is 0 Å². The fourth-order valence-electron chi connectivity index (χ4n) is 3.01. The van der Waals surface area contributed by atoms with Crippen molar-refractivity contribution in [1.82, 2.24) is 4.90 Å². The number of carbonyl (C=O) groups excluding carboxylic acids is 2. The van der Waals surface area contributed by atoms with Crippen molar-refractivity contribution < 1.29 is 9.59 Å². The molecule has 0 aromatic heterocycles. The van der Waals surface area contributed by atoms with Gasteiger partial charge in [-0.25, -0.2) is 0 Å². The summed E-state index contributed by atoms with van der Waals surface area (Å²) in [7, 11) is 1.64. The van der Waals surface area contributed by atoms with Gasteiger partial charge in [-0.15, -0.1) is 11.8 Å². The maximum absolute atomic E-state index is 12.7. The lowest BCUT2D eigenvalue weighted by atomic mass is 10.1. The zero-order chi connectivity index (χ0) is 21.5. The van der Waals surface area contributed by atoms with Gasteiger partial charge in [0.15, 0.2) is 0 Å². The van der Waals surface area contributed by atoms with Crippen LogP contribution >= 0.6 is 11.8 Å². The van der Waals surface area contributed by atoms with E-state index in [4.69, 9.17) is 0 Å². The van der Waals surface area contributed by atoms with E-state index in [1.807, 2.05) is 74.5 Å². The molecule has 0 saturated carbocycles. The van der Waals surface area contributed by atoms with Gasteiger partial charge in [-0.05, 0) is 60.9 Å². The number of rotatable bonds is 7. The van der Waals surface area contributed by atoms with Gasteiger partial charge in [-0.1, -0.05) is 42.5 Å². The molecule has 0 radical (unpaired) electrons. The molecular weight excluding hydrogens is 392 g/mol. The second-order valence-electron chi connectivity index (χ2n) is 7.26. The van der Waals surface area contributed by atoms with Gasteiger partial charge in [0.1, 0.15) is 0 Å². The van der Waals surface area contributed by atoms with Crippen molar-refractivity contribution in [2.24, 2.45) is 0 Å². The predicted molar refractivity (Wildman–Crippen MR) is 124 cm³/mol. The number of benzene rings is 3. The third-order valence-corrected chi connectivity index (χ3v) is 6.04. The second-order valence-corrected chi connectivity index (χ2v) is 8.30. The first-order valence-electron chi connectivity index (χ1n) is 9.82. The number of anilines is 1. The van der Waals surface area contributed by atoms with Crippen LogP contribution in [0.25, 0.3) is 0 Å². The minimum atomic E-state index is -0.213. The Balaban J connectivity index is 1.54. The Labute approximate surface area is 182 Å². The molecule has 0 aliphatic carbocycles. The number of amides is 2. The molecule has 2 amide bonds. The lowest BCUT2D eigenvalue weighted by Gasteiger charge is -2.18. The predicted octanol–water partition coefficient (Wildman–Crippen LogP) is 5.31. The molecule has 0 fully saturated rings. The Morgan fingerprint density at radius 3 is 2.30 bits per heavy atom. The Morgan fingerprint density at radius 2 is 1.60 bits per heavy atom. The molecule has 0 unspecified atom stereocenters. The largest absolute Gasteiger partial charge is 0.332 e. The van der Waals surface area contributed by atoms with E-state index in [1.54, 1.807) is 18.8 Å². The molecule has 0 atom stereocenters. The molecule has 3 rings (SSSR count). The van der Waals surface area contributed by atoms with E-state index < -0.39 is 0 Å². The quantitative estimate of drug-likeness (QED) is 0.529. The summed E-state index contributed by atoms with van der Waals surface area (Å²) in [6, 6.07) is 23.6. The summed E-state index contributed by atoms with van der Waals surface area (Å²) < 4.78 is 0. The molecule has 0 saturated heterocycles. The SMILES string of the molecule is Cc1cccc(NC(=O)CN(C)C(=O)c2ccc(CSc3ccccc3)cc2)c1C. The molecule has 1 N–H and O–H groups in total. The van der Waals surface area contributed by atoms with E-state index in [2.05, 4.69) is 17.4 Å². The van der Waals surface area contributed by atoms with Crippen molar-refractivity contribution in [3.8, 4) is 0 Å². The van der Waals surface area contributed by atoms with Gasteiger partial charge in [-0.3, -0.25) is 9.59 Å². The van der Waals surface area contributed by atoms with Crippen LogP contribution in [0.4, 0.5) is 5.69 Å². The highest BCUT2D eigenvalue weighted by Crippen LogP contribution is 2.22. The molecule has 3 aromatic carbocycles. The van der Waals surface area contributed by atoms with Crippen LogP contribution in [0.1, 0.15) is 27.0 Å². The molecule has 0 aliphatic rings. The molecule has 0 spiro atoms. The monoisotopic (exact) mass is 418 g/mol. The van der Waals surface area contributed by atoms with Gasteiger partial charge < -0.3 is 10.2 Å². The van der Waals surface area contributed by atoms with Crippen LogP contribution in [0.15, 0.2) is 77.7 Å². The third kappa shape index (κ3) is 5.74. The normalized spacial score (nSPS) is 10.5. The van der Waals surface area contributed by atoms with E-state index in [1.165, 1.54) is 9.80 Å². The number of nitrogens with one attached hydrogen (secondary N) is 1. The lowest BCUT2D eigenvalue weighted by molar-refractivity contribution is -0.116. The smallest absolute Gasteiger partial charge is 0.254 e. The minimum absolute atomic E-state index is 0.00216. The molecule has 0 aliphatic heterocycles. The summed E-state index contributed by atoms with van der Waals surface area (Å²) in [5, 5.41) is 2.89. The van der Waals surface area contributed by atoms with Crippen LogP contribution in [0, 0.1) is 13.8 Å². The van der Waals surface area contributed by atoms with Gasteiger partial charge in [0.2, 0.25) is 5.91 Å². The number of hydrogen-bond acceptors (Lipinski definition) is 3. The average Bonchev–Trinajstić information content (AvgIpc) is 2.76. The van der Waals surface area contributed by atoms with E-state index in [0.29, 0.717) is 5.56 Å². The first-order chi connectivity index (χ1) is 14.4. The summed E-state index contributed by atoms with van der Waals surface area (Å²) in [6.07, 6.45) is 0. The van der Waals surface area contributed by atoms with Gasteiger partial charge in [0.05, 0.1) is 6.54 Å². The molecule has 5 heteroatoms. The van der Waals surface area contributed by atoms with Crippen molar-refractivity contribution in [2.45, 2.75) is 24.5 Å². The molecule has 154 valence electrons. The Bertz CT molecular complexity index is 1020. The lowest BCUT2D eigenvalue weighted by Crippen LogP contribution is -2.35. The number of thioether (sulfide) groups is 1. The van der Waals surface area contributed by atoms with Crippen LogP contribution in [-0.4, -0.2) is 30.3 Å². The maximum atomic E-state index is 12.7. The average molecular weight is 419 g/mol. The van der Waals surface area contributed by atoms with E-state index in [9.17, 15) is 9.59 Å². The summed E-state index contributed by atoms with van der Waals surface area (Å²) in [5.74, 6) is 0.454. The standard InChI is InChI=1S/C25H26N2O2S/c1-18-8-7-11-23(19(18)2)26-24(28)16-27(3)25(29)21-14-12-20(13-15-21)17-30-22-9-5-4-6-10-22/h4-15H,16-17H2,1-3H3,(H,26,28). The number of aryl methyl sites for hydroxylation is 1. The van der Waals surface area contributed by atoms with Crippen molar-refractivity contribution in [2.75, 3.05) is 18.9 Å². The zero-order valence-electron chi connectivity index (χ0n) is 17.5. The van der Waals surface area contributed by atoms with E-state index >= 15 is 0 Å². The topological polar surface area (TPSA) is 49.4 Å². The number of hydrogen-bond donors (Lipinski definition) is 1. The van der Waals surface area contributed by atoms with Crippen molar-refractivity contribution in [3.05, 3.63) is 95.1 Å². The molecule has 0 bridgehead atoms. The van der Waals surface area contributed by atoms with Crippen LogP contribution in [0.3, 0.4) is 0 Å². The van der Waals surface area contributed by atoms with Crippen LogP contribution in [0.2, 0.25) is 0 Å².